The monoisotopic (exact) mass is 382 g/mol. The van der Waals surface area contributed by atoms with Crippen LogP contribution in [0, 0.1) is 5.82 Å². The van der Waals surface area contributed by atoms with Crippen LogP contribution in [0.15, 0.2) is 24.3 Å². The average molecular weight is 383 g/mol. The van der Waals surface area contributed by atoms with Gasteiger partial charge in [0, 0.05) is 53.0 Å². The molecule has 1 aliphatic heterocycles. The topological polar surface area (TPSA) is 56.8 Å². The van der Waals surface area contributed by atoms with Gasteiger partial charge in [0.2, 0.25) is 5.91 Å². The fourth-order valence-corrected chi connectivity index (χ4v) is 2.96. The summed E-state index contributed by atoms with van der Waals surface area (Å²) in [5.74, 6) is -0.193. The van der Waals surface area contributed by atoms with Crippen molar-refractivity contribution in [2.24, 2.45) is 0 Å². The number of carbonyl (C=O) groups excluding carboxylic acids is 1. The number of ether oxygens (including phenoxy) is 1. The van der Waals surface area contributed by atoms with Crippen LogP contribution in [-0.2, 0) is 16.1 Å². The van der Waals surface area contributed by atoms with Crippen molar-refractivity contribution in [2.45, 2.75) is 13.0 Å². The van der Waals surface area contributed by atoms with E-state index in [1.165, 1.54) is 12.1 Å². The first-order chi connectivity index (χ1) is 12.6. The molecule has 0 saturated carbocycles. The molecule has 144 valence electrons. The number of piperazine rings is 1. The highest BCUT2D eigenvalue weighted by Gasteiger charge is 2.20. The minimum atomic E-state index is -0.241. The Balaban J connectivity index is 1.63. The molecule has 1 amide bonds. The predicted molar refractivity (Wildman–Crippen MR) is 103 cm³/mol. The zero-order chi connectivity index (χ0) is 18.8. The lowest BCUT2D eigenvalue weighted by atomic mass is 10.2. The highest BCUT2D eigenvalue weighted by molar-refractivity contribution is 7.80. The first-order valence-electron chi connectivity index (χ1n) is 8.83. The van der Waals surface area contributed by atoms with Crippen molar-refractivity contribution in [1.29, 1.82) is 0 Å². The maximum atomic E-state index is 12.9. The molecule has 0 unspecified atom stereocenters. The van der Waals surface area contributed by atoms with Crippen LogP contribution in [0.1, 0.15) is 12.0 Å². The van der Waals surface area contributed by atoms with Crippen molar-refractivity contribution < 1.29 is 13.9 Å². The molecule has 1 aromatic carbocycles. The predicted octanol–water partition coefficient (Wildman–Crippen LogP) is 0.971. The summed E-state index contributed by atoms with van der Waals surface area (Å²) in [6, 6.07) is 6.38. The van der Waals surface area contributed by atoms with E-state index in [4.69, 9.17) is 17.0 Å². The van der Waals surface area contributed by atoms with Crippen LogP contribution in [0.4, 0.5) is 4.39 Å². The third kappa shape index (κ3) is 7.23. The Labute approximate surface area is 159 Å². The molecule has 0 radical (unpaired) electrons. The molecule has 1 saturated heterocycles. The van der Waals surface area contributed by atoms with E-state index < -0.39 is 0 Å². The van der Waals surface area contributed by atoms with Gasteiger partial charge >= 0.3 is 0 Å². The van der Waals surface area contributed by atoms with Gasteiger partial charge in [-0.2, -0.15) is 0 Å². The number of halogens is 1. The molecule has 6 nitrogen and oxygen atoms in total. The quantitative estimate of drug-likeness (QED) is 0.516. The van der Waals surface area contributed by atoms with E-state index in [1.807, 2.05) is 0 Å². The Morgan fingerprint density at radius 2 is 1.88 bits per heavy atom. The van der Waals surface area contributed by atoms with Gasteiger partial charge in [-0.15, -0.1) is 0 Å². The maximum Gasteiger partial charge on any atom is 0.234 e. The van der Waals surface area contributed by atoms with Gasteiger partial charge in [0.1, 0.15) is 5.82 Å². The SMILES string of the molecule is COCCCNC(=O)CN1CCN(C(=S)NCc2ccc(F)cc2)CC1. The van der Waals surface area contributed by atoms with Gasteiger partial charge < -0.3 is 20.3 Å². The number of carbonyl (C=O) groups is 1. The first kappa shape index (κ1) is 20.5. The van der Waals surface area contributed by atoms with Gasteiger partial charge in [0.15, 0.2) is 5.11 Å². The summed E-state index contributed by atoms with van der Waals surface area (Å²) in [5.41, 5.74) is 0.984. The largest absolute Gasteiger partial charge is 0.385 e. The molecule has 0 spiro atoms. The van der Waals surface area contributed by atoms with Crippen molar-refractivity contribution in [3.05, 3.63) is 35.6 Å². The van der Waals surface area contributed by atoms with Crippen LogP contribution >= 0.6 is 12.2 Å². The Bertz CT molecular complexity index is 577. The lowest BCUT2D eigenvalue weighted by molar-refractivity contribution is -0.122. The third-order valence-corrected chi connectivity index (χ3v) is 4.63. The van der Waals surface area contributed by atoms with Crippen LogP contribution in [0.25, 0.3) is 0 Å². The zero-order valence-electron chi connectivity index (χ0n) is 15.2. The molecule has 2 rings (SSSR count). The van der Waals surface area contributed by atoms with E-state index >= 15 is 0 Å². The summed E-state index contributed by atoms with van der Waals surface area (Å²) >= 11 is 5.44. The Hall–Kier alpha value is -1.77. The maximum absolute atomic E-state index is 12.9. The zero-order valence-corrected chi connectivity index (χ0v) is 16.0. The Kier molecular flexibility index (Phi) is 8.73. The van der Waals surface area contributed by atoms with Crippen molar-refractivity contribution in [3.63, 3.8) is 0 Å². The van der Waals surface area contributed by atoms with Gasteiger partial charge in [0.05, 0.1) is 6.54 Å². The molecule has 0 aromatic heterocycles. The van der Waals surface area contributed by atoms with Crippen molar-refractivity contribution >= 4 is 23.2 Å². The first-order valence-corrected chi connectivity index (χ1v) is 9.24. The van der Waals surface area contributed by atoms with Gasteiger partial charge in [-0.05, 0) is 36.3 Å². The molecule has 26 heavy (non-hydrogen) atoms. The van der Waals surface area contributed by atoms with Crippen LogP contribution in [0.5, 0.6) is 0 Å². The van der Waals surface area contributed by atoms with Crippen LogP contribution < -0.4 is 10.6 Å². The van der Waals surface area contributed by atoms with Crippen molar-refractivity contribution in [2.75, 3.05) is 53.0 Å². The highest BCUT2D eigenvalue weighted by atomic mass is 32.1. The number of thiocarbonyl (C=S) groups is 1. The van der Waals surface area contributed by atoms with Gasteiger partial charge in [-0.25, -0.2) is 4.39 Å². The molecule has 0 aliphatic carbocycles. The molecular weight excluding hydrogens is 355 g/mol. The molecule has 1 aliphatic rings. The molecule has 2 N–H and O–H groups in total. The number of methoxy groups -OCH3 is 1. The number of nitrogens with one attached hydrogen (secondary N) is 2. The number of benzene rings is 1. The minimum absolute atomic E-state index is 0.0477. The lowest BCUT2D eigenvalue weighted by Gasteiger charge is -2.35. The molecule has 8 heteroatoms. The highest BCUT2D eigenvalue weighted by Crippen LogP contribution is 2.05. The molecule has 1 aromatic rings. The number of hydrogen-bond acceptors (Lipinski definition) is 4. The normalized spacial score (nSPS) is 14.9. The van der Waals surface area contributed by atoms with E-state index in [1.54, 1.807) is 19.2 Å². The molecule has 1 fully saturated rings. The lowest BCUT2D eigenvalue weighted by Crippen LogP contribution is -2.53. The molecule has 0 atom stereocenters. The number of amides is 1. The van der Waals surface area contributed by atoms with Crippen molar-refractivity contribution in [1.82, 2.24) is 20.4 Å². The summed E-state index contributed by atoms with van der Waals surface area (Å²) in [7, 11) is 1.65. The van der Waals surface area contributed by atoms with E-state index in [9.17, 15) is 9.18 Å². The van der Waals surface area contributed by atoms with Crippen LogP contribution in [0.3, 0.4) is 0 Å². The summed E-state index contributed by atoms with van der Waals surface area (Å²) in [6.45, 7) is 5.44. The summed E-state index contributed by atoms with van der Waals surface area (Å²) in [4.78, 5) is 16.1. The molecule has 0 bridgehead atoms. The minimum Gasteiger partial charge on any atom is -0.385 e. The third-order valence-electron chi connectivity index (χ3n) is 4.23. The number of nitrogens with zero attached hydrogens (tertiary/aromatic N) is 2. The van der Waals surface area contributed by atoms with Gasteiger partial charge in [-0.1, -0.05) is 12.1 Å². The second kappa shape index (κ2) is 11.1. The summed E-state index contributed by atoms with van der Waals surface area (Å²) in [5, 5.41) is 6.80. The summed E-state index contributed by atoms with van der Waals surface area (Å²) in [6.07, 6.45) is 0.823. The Morgan fingerprint density at radius 3 is 2.54 bits per heavy atom. The average Bonchev–Trinajstić information content (AvgIpc) is 2.65. The van der Waals surface area contributed by atoms with E-state index in [2.05, 4.69) is 20.4 Å². The van der Waals surface area contributed by atoms with E-state index in [-0.39, 0.29) is 11.7 Å². The van der Waals surface area contributed by atoms with Crippen LogP contribution in [-0.4, -0.2) is 73.8 Å². The fraction of sp³-hybridized carbons (Fsp3) is 0.556. The second-order valence-corrected chi connectivity index (χ2v) is 6.63. The van der Waals surface area contributed by atoms with Gasteiger partial charge in [0.25, 0.3) is 0 Å². The van der Waals surface area contributed by atoms with Crippen molar-refractivity contribution in [3.8, 4) is 0 Å². The Morgan fingerprint density at radius 1 is 1.19 bits per heavy atom. The van der Waals surface area contributed by atoms with Crippen LogP contribution in [0.2, 0.25) is 0 Å². The van der Waals surface area contributed by atoms with E-state index in [0.717, 1.165) is 38.2 Å². The summed E-state index contributed by atoms with van der Waals surface area (Å²) < 4.78 is 17.9. The fourth-order valence-electron chi connectivity index (χ4n) is 2.70. The second-order valence-electron chi connectivity index (χ2n) is 6.24. The van der Waals surface area contributed by atoms with Gasteiger partial charge in [-0.3, -0.25) is 9.69 Å². The number of rotatable bonds is 8. The molecular formula is C18H27FN4O2S. The smallest absolute Gasteiger partial charge is 0.234 e. The molecule has 1 heterocycles. The number of hydrogen-bond donors (Lipinski definition) is 2. The standard InChI is InChI=1S/C18H27FN4O2S/c1-25-12-2-7-20-17(24)14-22-8-10-23(11-9-22)18(26)21-13-15-3-5-16(19)6-4-15/h3-6H,2,7-14H2,1H3,(H,20,24)(H,21,26). The van der Waals surface area contributed by atoms with E-state index in [0.29, 0.717) is 31.4 Å².